The van der Waals surface area contributed by atoms with Crippen LogP contribution < -0.4 is 0 Å². The lowest BCUT2D eigenvalue weighted by atomic mass is 9.73. The van der Waals surface area contributed by atoms with E-state index in [4.69, 9.17) is 21.1 Å². The molecule has 3 aliphatic heterocycles. The van der Waals surface area contributed by atoms with Gasteiger partial charge in [-0.3, -0.25) is 9.59 Å². The van der Waals surface area contributed by atoms with Crippen LogP contribution in [0.25, 0.3) is 0 Å². The van der Waals surface area contributed by atoms with Crippen LogP contribution in [-0.2, 0) is 41.7 Å². The van der Waals surface area contributed by atoms with Gasteiger partial charge in [-0.05, 0) is 18.1 Å². The fourth-order valence-electron chi connectivity index (χ4n) is 5.07. The smallest absolute Gasteiger partial charge is 0.333 e. The van der Waals surface area contributed by atoms with Crippen molar-refractivity contribution in [2.24, 2.45) is 5.92 Å². The Labute approximate surface area is 221 Å². The fourth-order valence-corrected chi connectivity index (χ4v) is 5.20. The van der Waals surface area contributed by atoms with Crippen molar-refractivity contribution in [2.45, 2.75) is 56.7 Å². The van der Waals surface area contributed by atoms with Crippen molar-refractivity contribution in [1.82, 2.24) is 9.80 Å². The average molecular weight is 527 g/mol. The Morgan fingerprint density at radius 1 is 1.03 bits per heavy atom. The topological polar surface area (TPSA) is 93.2 Å². The summed E-state index contributed by atoms with van der Waals surface area (Å²) in [5, 5.41) is -0.655. The molecular formula is C28H31ClN2O6. The van der Waals surface area contributed by atoms with Gasteiger partial charge in [0.2, 0.25) is 11.8 Å². The van der Waals surface area contributed by atoms with Crippen molar-refractivity contribution >= 4 is 35.4 Å². The number of alkyl halides is 1. The molecule has 3 saturated heterocycles. The van der Waals surface area contributed by atoms with Gasteiger partial charge in [0.1, 0.15) is 11.4 Å². The quantitative estimate of drug-likeness (QED) is 0.326. The molecule has 0 saturated carbocycles. The first kappa shape index (κ1) is 26.7. The lowest BCUT2D eigenvalue weighted by molar-refractivity contribution is -0.181. The summed E-state index contributed by atoms with van der Waals surface area (Å²) in [6.07, 6.45) is 1.15. The Morgan fingerprint density at radius 2 is 1.65 bits per heavy atom. The molecule has 1 spiro atoms. The summed E-state index contributed by atoms with van der Waals surface area (Å²) in [5.41, 5.74) is 1.30. The van der Waals surface area contributed by atoms with Crippen LogP contribution in [0, 0.1) is 5.92 Å². The molecule has 0 N–H and O–H groups in total. The highest BCUT2D eigenvalue weighted by Gasteiger charge is 2.65. The predicted octanol–water partition coefficient (Wildman–Crippen LogP) is 3.31. The van der Waals surface area contributed by atoms with E-state index in [2.05, 4.69) is 0 Å². The third-order valence-electron chi connectivity index (χ3n) is 7.19. The van der Waals surface area contributed by atoms with Crippen molar-refractivity contribution in [3.05, 3.63) is 71.8 Å². The van der Waals surface area contributed by atoms with Gasteiger partial charge in [-0.1, -0.05) is 67.6 Å². The van der Waals surface area contributed by atoms with Crippen molar-refractivity contribution in [3.63, 3.8) is 0 Å². The Hall–Kier alpha value is -3.39. The van der Waals surface area contributed by atoms with E-state index < -0.39 is 17.0 Å². The zero-order chi connectivity index (χ0) is 26.6. The van der Waals surface area contributed by atoms with Gasteiger partial charge in [0.05, 0.1) is 19.1 Å². The van der Waals surface area contributed by atoms with E-state index >= 15 is 0 Å². The minimum Gasteiger partial charge on any atom is -0.464 e. The van der Waals surface area contributed by atoms with E-state index in [0.717, 1.165) is 11.1 Å². The molecule has 0 aromatic heterocycles. The average Bonchev–Trinajstić information content (AvgIpc) is 3.53. The molecule has 3 heterocycles. The van der Waals surface area contributed by atoms with Crippen LogP contribution >= 0.6 is 11.6 Å². The zero-order valence-electron chi connectivity index (χ0n) is 21.0. The third-order valence-corrected chi connectivity index (χ3v) is 7.38. The first-order valence-corrected chi connectivity index (χ1v) is 12.9. The highest BCUT2D eigenvalue weighted by Crippen LogP contribution is 2.45. The molecule has 9 heteroatoms. The van der Waals surface area contributed by atoms with Gasteiger partial charge < -0.3 is 19.3 Å². The van der Waals surface area contributed by atoms with Crippen molar-refractivity contribution in [1.29, 1.82) is 0 Å². The van der Waals surface area contributed by atoms with Crippen molar-refractivity contribution < 1.29 is 28.7 Å². The molecule has 8 nitrogen and oxygen atoms in total. The maximum atomic E-state index is 12.2. The highest BCUT2D eigenvalue weighted by atomic mass is 35.5. The Balaban J connectivity index is 0.000000173. The molecule has 0 bridgehead atoms. The number of hydrogen-bond acceptors (Lipinski definition) is 6. The van der Waals surface area contributed by atoms with Gasteiger partial charge in [-0.25, -0.2) is 9.59 Å². The van der Waals surface area contributed by atoms with Crippen LogP contribution in [0.1, 0.15) is 37.8 Å². The second-order valence-corrected chi connectivity index (χ2v) is 10.1. The maximum absolute atomic E-state index is 12.2. The van der Waals surface area contributed by atoms with Crippen LogP contribution in [0.4, 0.5) is 0 Å². The summed E-state index contributed by atoms with van der Waals surface area (Å²) in [5.74, 6) is -1.05. The minimum atomic E-state index is -0.701. The van der Waals surface area contributed by atoms with E-state index in [1.165, 1.54) is 4.90 Å². The number of halogens is 1. The Morgan fingerprint density at radius 3 is 2.16 bits per heavy atom. The van der Waals surface area contributed by atoms with Gasteiger partial charge in [-0.2, -0.15) is 0 Å². The number of nitrogens with zero attached hydrogens (tertiary/aromatic N) is 2. The normalized spacial score (nSPS) is 25.1. The molecule has 1 unspecified atom stereocenters. The van der Waals surface area contributed by atoms with Crippen LogP contribution in [0.5, 0.6) is 0 Å². The molecule has 5 rings (SSSR count). The standard InChI is InChI=1S/C14H16ClNO3.C14H15NO3/c1-10(15)13(17)16(12-7-8-19-14(12)18)9-11-5-3-2-4-6-11;1-10-12(16)15(9-11-5-3-2-4-6-11)14(10)7-8-18-13(14)17/h2-6,10,12H,7-9H2,1H3;2-6,10H,7-9H2,1H3/t10-,12?;10-,14+/m10/s1. The number of cyclic esters (lactones) is 2. The summed E-state index contributed by atoms with van der Waals surface area (Å²) in [6, 6.07) is 18.7. The number of carbonyl (C=O) groups excluding carboxylic acids is 4. The van der Waals surface area contributed by atoms with E-state index in [0.29, 0.717) is 39.1 Å². The van der Waals surface area contributed by atoms with Crippen LogP contribution in [0.15, 0.2) is 60.7 Å². The summed E-state index contributed by atoms with van der Waals surface area (Å²) < 4.78 is 10.0. The van der Waals surface area contributed by atoms with Gasteiger partial charge in [-0.15, -0.1) is 11.6 Å². The lowest BCUT2D eigenvalue weighted by Crippen LogP contribution is -2.71. The second-order valence-electron chi connectivity index (χ2n) is 9.48. The number of hydrogen-bond donors (Lipinski definition) is 0. The van der Waals surface area contributed by atoms with Gasteiger partial charge in [0.25, 0.3) is 0 Å². The molecule has 2 amide bonds. The number of benzene rings is 2. The molecular weight excluding hydrogens is 496 g/mol. The van der Waals surface area contributed by atoms with E-state index in [-0.39, 0.29) is 29.7 Å². The summed E-state index contributed by atoms with van der Waals surface area (Å²) >= 11 is 5.87. The van der Waals surface area contributed by atoms with E-state index in [1.807, 2.05) is 67.6 Å². The first-order chi connectivity index (χ1) is 17.8. The third kappa shape index (κ3) is 5.34. The molecule has 2 aromatic rings. The largest absolute Gasteiger partial charge is 0.464 e. The molecule has 0 aliphatic carbocycles. The Kier molecular flexibility index (Phi) is 8.17. The number of β-lactam (4-membered cyclic amide) rings is 1. The predicted molar refractivity (Wildman–Crippen MR) is 136 cm³/mol. The highest BCUT2D eigenvalue weighted by molar-refractivity contribution is 6.30. The fraction of sp³-hybridized carbons (Fsp3) is 0.429. The number of esters is 2. The van der Waals surface area contributed by atoms with Gasteiger partial charge in [0.15, 0.2) is 5.54 Å². The number of amides is 2. The maximum Gasteiger partial charge on any atom is 0.333 e. The van der Waals surface area contributed by atoms with Crippen molar-refractivity contribution in [2.75, 3.05) is 13.2 Å². The molecule has 196 valence electrons. The van der Waals surface area contributed by atoms with E-state index in [9.17, 15) is 19.2 Å². The zero-order valence-corrected chi connectivity index (χ0v) is 21.7. The summed E-state index contributed by atoms with van der Waals surface area (Å²) in [4.78, 5) is 50.9. The molecule has 37 heavy (non-hydrogen) atoms. The number of likely N-dealkylation sites (tertiary alicyclic amines) is 1. The number of ether oxygens (including phenoxy) is 2. The van der Waals surface area contributed by atoms with Crippen LogP contribution in [-0.4, -0.2) is 63.7 Å². The van der Waals surface area contributed by atoms with Crippen LogP contribution in [0.2, 0.25) is 0 Å². The molecule has 2 aromatic carbocycles. The van der Waals surface area contributed by atoms with Gasteiger partial charge >= 0.3 is 11.9 Å². The second kappa shape index (κ2) is 11.3. The number of carbonyl (C=O) groups is 4. The molecule has 3 aliphatic rings. The Bertz CT molecular complexity index is 1140. The van der Waals surface area contributed by atoms with Gasteiger partial charge in [0, 0.05) is 25.9 Å². The number of rotatable bonds is 6. The lowest BCUT2D eigenvalue weighted by Gasteiger charge is -2.51. The SMILES string of the molecule is C[C@@H](Cl)C(=O)N(Cc1ccccc1)C1CCOC1=O.C[C@H]1C(=O)N(Cc2ccccc2)[C@]12CCOC2=O. The van der Waals surface area contributed by atoms with Crippen LogP contribution in [0.3, 0.4) is 0 Å². The molecule has 3 fully saturated rings. The monoisotopic (exact) mass is 526 g/mol. The van der Waals surface area contributed by atoms with E-state index in [1.54, 1.807) is 11.8 Å². The first-order valence-electron chi connectivity index (χ1n) is 12.4. The molecule has 0 radical (unpaired) electrons. The van der Waals surface area contributed by atoms with Crippen molar-refractivity contribution in [3.8, 4) is 0 Å². The minimum absolute atomic E-state index is 0.0395. The summed E-state index contributed by atoms with van der Waals surface area (Å²) in [6.45, 7) is 5.06. The summed E-state index contributed by atoms with van der Waals surface area (Å²) in [7, 11) is 0. The molecule has 4 atom stereocenters.